The van der Waals surface area contributed by atoms with Crippen LogP contribution in [-0.2, 0) is 6.54 Å². The molecule has 2 atom stereocenters. The summed E-state index contributed by atoms with van der Waals surface area (Å²) in [5.74, 6) is 1.54. The van der Waals surface area contributed by atoms with E-state index in [2.05, 4.69) is 4.90 Å². The number of benzene rings is 2. The Balaban J connectivity index is 1.52. The molecule has 0 bridgehead atoms. The number of nitrogens with zero attached hydrogens (tertiary/aromatic N) is 1. The summed E-state index contributed by atoms with van der Waals surface area (Å²) in [4.78, 5) is 2.19. The molecule has 0 radical (unpaired) electrons. The van der Waals surface area contributed by atoms with Crippen molar-refractivity contribution in [1.29, 1.82) is 0 Å². The van der Waals surface area contributed by atoms with Crippen molar-refractivity contribution < 1.29 is 19.7 Å². The average Bonchev–Trinajstić information content (AvgIpc) is 2.93. The van der Waals surface area contributed by atoms with E-state index in [9.17, 15) is 10.2 Å². The minimum absolute atomic E-state index is 0.221. The molecule has 0 saturated carbocycles. The first kappa shape index (κ1) is 19.7. The van der Waals surface area contributed by atoms with Crippen molar-refractivity contribution >= 4 is 0 Å². The van der Waals surface area contributed by atoms with Crippen LogP contribution in [0.25, 0.3) is 0 Å². The van der Waals surface area contributed by atoms with E-state index in [4.69, 9.17) is 9.47 Å². The second-order valence-electron chi connectivity index (χ2n) is 7.98. The molecule has 2 aromatic carbocycles. The first-order valence-corrected chi connectivity index (χ1v) is 9.36. The summed E-state index contributed by atoms with van der Waals surface area (Å²) in [6.07, 6.45) is -0.721. The Labute approximate surface area is 161 Å². The molecule has 1 fully saturated rings. The molecule has 2 aromatic rings. The molecular weight excluding hydrogens is 342 g/mol. The largest absolute Gasteiger partial charge is 0.491 e. The molecule has 3 rings (SSSR count). The number of aryl methyl sites for hydroxylation is 1. The number of ether oxygens (including phenoxy) is 2. The Kier molecular flexibility index (Phi) is 6.05. The van der Waals surface area contributed by atoms with Crippen LogP contribution in [0.1, 0.15) is 25.0 Å². The number of β-amino-alcohol motifs (C(OH)–C–C–N with tert-alkyl or cyclic N) is 1. The minimum atomic E-state index is -0.851. The van der Waals surface area contributed by atoms with Gasteiger partial charge >= 0.3 is 0 Å². The van der Waals surface area contributed by atoms with Gasteiger partial charge in [0.2, 0.25) is 0 Å². The van der Waals surface area contributed by atoms with Gasteiger partial charge < -0.3 is 19.7 Å². The number of likely N-dealkylation sites (tertiary alicyclic amines) is 1. The molecule has 5 nitrogen and oxygen atoms in total. The van der Waals surface area contributed by atoms with Crippen molar-refractivity contribution in [3.8, 4) is 11.5 Å². The van der Waals surface area contributed by atoms with Crippen molar-refractivity contribution in [1.82, 2.24) is 4.90 Å². The van der Waals surface area contributed by atoms with Gasteiger partial charge in [-0.05, 0) is 56.2 Å². The van der Waals surface area contributed by atoms with Crippen LogP contribution < -0.4 is 9.47 Å². The van der Waals surface area contributed by atoms with Crippen LogP contribution in [0.5, 0.6) is 11.5 Å². The highest BCUT2D eigenvalue weighted by atomic mass is 16.5. The lowest BCUT2D eigenvalue weighted by Gasteiger charge is -2.19. The standard InChI is InChI=1S/C22H29NO4/c1-16-5-4-6-19(11-16)27-21-14-23(13-20(21)24)12-17-7-9-18(10-8-17)26-15-22(2,3)25/h4-11,20-21,24-25H,12-15H2,1-3H3/t20-,21-/m0/s1. The van der Waals surface area contributed by atoms with E-state index in [1.54, 1.807) is 13.8 Å². The number of aliphatic hydroxyl groups excluding tert-OH is 1. The predicted molar refractivity (Wildman–Crippen MR) is 105 cm³/mol. The predicted octanol–water partition coefficient (Wildman–Crippen LogP) is 2.77. The monoisotopic (exact) mass is 371 g/mol. The normalized spacial score (nSPS) is 20.6. The van der Waals surface area contributed by atoms with Gasteiger partial charge in [0.25, 0.3) is 0 Å². The van der Waals surface area contributed by atoms with E-state index in [1.165, 1.54) is 0 Å². The molecule has 0 amide bonds. The number of rotatable bonds is 7. The van der Waals surface area contributed by atoms with Gasteiger partial charge in [0.1, 0.15) is 30.3 Å². The van der Waals surface area contributed by atoms with E-state index in [1.807, 2.05) is 55.5 Å². The molecule has 2 N–H and O–H groups in total. The maximum absolute atomic E-state index is 10.3. The Morgan fingerprint density at radius 1 is 1.07 bits per heavy atom. The molecule has 27 heavy (non-hydrogen) atoms. The molecule has 0 aliphatic carbocycles. The van der Waals surface area contributed by atoms with Crippen LogP contribution in [0, 0.1) is 6.92 Å². The Bertz CT molecular complexity index is 739. The van der Waals surface area contributed by atoms with Gasteiger partial charge in [-0.2, -0.15) is 0 Å². The lowest BCUT2D eigenvalue weighted by molar-refractivity contribution is 0.0285. The molecular formula is C22H29NO4. The summed E-state index contributed by atoms with van der Waals surface area (Å²) in [6.45, 7) is 7.74. The molecule has 1 saturated heterocycles. The summed E-state index contributed by atoms with van der Waals surface area (Å²) < 4.78 is 11.6. The van der Waals surface area contributed by atoms with Gasteiger partial charge in [0.15, 0.2) is 0 Å². The second kappa shape index (κ2) is 8.30. The van der Waals surface area contributed by atoms with E-state index < -0.39 is 11.7 Å². The van der Waals surface area contributed by atoms with Crippen LogP contribution in [-0.4, -0.2) is 52.6 Å². The Morgan fingerprint density at radius 3 is 2.48 bits per heavy atom. The van der Waals surface area contributed by atoms with Gasteiger partial charge in [-0.1, -0.05) is 24.3 Å². The van der Waals surface area contributed by atoms with E-state index in [0.29, 0.717) is 13.1 Å². The molecule has 1 heterocycles. The van der Waals surface area contributed by atoms with Gasteiger partial charge in [-0.3, -0.25) is 4.90 Å². The lowest BCUT2D eigenvalue weighted by atomic mass is 10.1. The summed E-state index contributed by atoms with van der Waals surface area (Å²) in [5.41, 5.74) is 1.44. The van der Waals surface area contributed by atoms with Crippen molar-refractivity contribution in [2.75, 3.05) is 19.7 Å². The summed E-state index contributed by atoms with van der Waals surface area (Å²) in [7, 11) is 0. The third kappa shape index (κ3) is 5.96. The first-order valence-electron chi connectivity index (χ1n) is 9.36. The highest BCUT2D eigenvalue weighted by molar-refractivity contribution is 5.29. The zero-order valence-electron chi connectivity index (χ0n) is 16.3. The minimum Gasteiger partial charge on any atom is -0.491 e. The first-order chi connectivity index (χ1) is 12.8. The second-order valence-corrected chi connectivity index (χ2v) is 7.98. The molecule has 146 valence electrons. The molecule has 0 unspecified atom stereocenters. The summed E-state index contributed by atoms with van der Waals surface area (Å²) in [5, 5.41) is 20.1. The van der Waals surface area contributed by atoms with Crippen molar-refractivity contribution in [3.05, 3.63) is 59.7 Å². The van der Waals surface area contributed by atoms with Crippen molar-refractivity contribution in [2.45, 2.75) is 45.1 Å². The quantitative estimate of drug-likeness (QED) is 0.784. The number of hydrogen-bond acceptors (Lipinski definition) is 5. The maximum atomic E-state index is 10.3. The van der Waals surface area contributed by atoms with E-state index >= 15 is 0 Å². The fourth-order valence-corrected chi connectivity index (χ4v) is 3.15. The van der Waals surface area contributed by atoms with Crippen molar-refractivity contribution in [3.63, 3.8) is 0 Å². The average molecular weight is 371 g/mol. The molecule has 1 aliphatic rings. The van der Waals surface area contributed by atoms with Crippen LogP contribution in [0.15, 0.2) is 48.5 Å². The zero-order chi connectivity index (χ0) is 19.4. The third-order valence-corrected chi connectivity index (χ3v) is 4.51. The molecule has 0 aromatic heterocycles. The smallest absolute Gasteiger partial charge is 0.138 e. The van der Waals surface area contributed by atoms with Gasteiger partial charge in [0, 0.05) is 19.6 Å². The van der Waals surface area contributed by atoms with E-state index in [-0.39, 0.29) is 12.7 Å². The highest BCUT2D eigenvalue weighted by Gasteiger charge is 2.33. The highest BCUT2D eigenvalue weighted by Crippen LogP contribution is 2.22. The van der Waals surface area contributed by atoms with Crippen molar-refractivity contribution in [2.24, 2.45) is 0 Å². The van der Waals surface area contributed by atoms with Crippen LogP contribution >= 0.6 is 0 Å². The fourth-order valence-electron chi connectivity index (χ4n) is 3.15. The lowest BCUT2D eigenvalue weighted by Crippen LogP contribution is -2.29. The Morgan fingerprint density at radius 2 is 1.81 bits per heavy atom. The molecule has 1 aliphatic heterocycles. The third-order valence-electron chi connectivity index (χ3n) is 4.51. The van der Waals surface area contributed by atoms with Crippen LogP contribution in [0.4, 0.5) is 0 Å². The van der Waals surface area contributed by atoms with E-state index in [0.717, 1.165) is 29.2 Å². The summed E-state index contributed by atoms with van der Waals surface area (Å²) in [6, 6.07) is 15.8. The number of hydrogen-bond donors (Lipinski definition) is 2. The topological polar surface area (TPSA) is 62.2 Å². The zero-order valence-corrected chi connectivity index (χ0v) is 16.3. The SMILES string of the molecule is Cc1cccc(O[C@H]2CN(Cc3ccc(OCC(C)(C)O)cc3)C[C@@H]2O)c1. The van der Waals surface area contributed by atoms with Crippen LogP contribution in [0.3, 0.4) is 0 Å². The van der Waals surface area contributed by atoms with Gasteiger partial charge in [-0.15, -0.1) is 0 Å². The molecule has 5 heteroatoms. The fraction of sp³-hybridized carbons (Fsp3) is 0.455. The Hall–Kier alpha value is -2.08. The summed E-state index contributed by atoms with van der Waals surface area (Å²) >= 11 is 0. The van der Waals surface area contributed by atoms with Gasteiger partial charge in [-0.25, -0.2) is 0 Å². The maximum Gasteiger partial charge on any atom is 0.138 e. The number of aliphatic hydroxyl groups is 2. The van der Waals surface area contributed by atoms with Crippen LogP contribution in [0.2, 0.25) is 0 Å². The van der Waals surface area contributed by atoms with Gasteiger partial charge in [0.05, 0.1) is 5.60 Å². The molecule has 0 spiro atoms.